The van der Waals surface area contributed by atoms with Crippen LogP contribution >= 0.6 is 0 Å². The summed E-state index contributed by atoms with van der Waals surface area (Å²) < 4.78 is 0. The van der Waals surface area contributed by atoms with Crippen molar-refractivity contribution in [3.8, 4) is 0 Å². The zero-order valence-corrected chi connectivity index (χ0v) is 6.76. The van der Waals surface area contributed by atoms with Crippen LogP contribution < -0.4 is 11.1 Å². The second-order valence-corrected chi connectivity index (χ2v) is 3.21. The Morgan fingerprint density at radius 1 is 1.67 bits per heavy atom. The fraction of sp³-hybridized carbons (Fsp3) is 0.714. The number of hydrogen-bond acceptors (Lipinski definition) is 2. The molecule has 0 aromatic heterocycles. The average molecular weight is 171 g/mol. The fourth-order valence-electron chi connectivity index (χ4n) is 1.33. The van der Waals surface area contributed by atoms with Gasteiger partial charge in [-0.1, -0.05) is 6.42 Å². The molecule has 0 unspecified atom stereocenters. The summed E-state index contributed by atoms with van der Waals surface area (Å²) in [5.41, 5.74) is 4.40. The maximum absolute atomic E-state index is 10.8. The van der Waals surface area contributed by atoms with Gasteiger partial charge in [0.25, 0.3) is 0 Å². The molecule has 0 aliphatic heterocycles. The van der Waals surface area contributed by atoms with Crippen molar-refractivity contribution in [1.82, 2.24) is 5.32 Å². The normalized spacial score (nSPS) is 19.3. The molecule has 0 atom stereocenters. The third-order valence-corrected chi connectivity index (χ3v) is 2.38. The molecule has 0 amide bonds. The number of carboxylic acid groups (broad SMARTS) is 1. The zero-order chi connectivity index (χ0) is 9.19. The lowest BCUT2D eigenvalue weighted by atomic mass is 9.69. The minimum absolute atomic E-state index is 0.164. The highest BCUT2D eigenvalue weighted by molar-refractivity contribution is 5.78. The van der Waals surface area contributed by atoms with Gasteiger partial charge in [0.2, 0.25) is 0 Å². The predicted molar refractivity (Wildman–Crippen MR) is 43.8 cm³/mol. The average Bonchev–Trinajstić information content (AvgIpc) is 1.83. The Labute approximate surface area is 70.5 Å². The molecule has 0 bridgehead atoms. The lowest BCUT2D eigenvalue weighted by Crippen LogP contribution is -2.48. The summed E-state index contributed by atoms with van der Waals surface area (Å²) in [6.45, 7) is 0.275. The largest absolute Gasteiger partial charge is 0.481 e. The van der Waals surface area contributed by atoms with Crippen LogP contribution in [0.2, 0.25) is 0 Å². The summed E-state index contributed by atoms with van der Waals surface area (Å²) >= 11 is 0. The summed E-state index contributed by atoms with van der Waals surface area (Å²) in [6, 6.07) is 0. The van der Waals surface area contributed by atoms with Gasteiger partial charge in [0.15, 0.2) is 5.96 Å². The van der Waals surface area contributed by atoms with Crippen LogP contribution in [0.25, 0.3) is 0 Å². The van der Waals surface area contributed by atoms with Crippen molar-refractivity contribution in [3.63, 3.8) is 0 Å². The second kappa shape index (κ2) is 3.00. The van der Waals surface area contributed by atoms with Gasteiger partial charge in [0, 0.05) is 6.54 Å². The quantitative estimate of drug-likeness (QED) is 0.347. The van der Waals surface area contributed by atoms with Crippen molar-refractivity contribution in [2.45, 2.75) is 19.3 Å². The summed E-state index contributed by atoms with van der Waals surface area (Å²) in [5.74, 6) is -0.954. The summed E-state index contributed by atoms with van der Waals surface area (Å²) in [4.78, 5) is 10.8. The monoisotopic (exact) mass is 171 g/mol. The Balaban J connectivity index is 2.45. The van der Waals surface area contributed by atoms with Crippen molar-refractivity contribution >= 4 is 11.9 Å². The molecule has 0 saturated heterocycles. The molecular weight excluding hydrogens is 158 g/mol. The smallest absolute Gasteiger partial charge is 0.311 e. The number of nitrogens with two attached hydrogens (primary N) is 1. The molecule has 1 aliphatic rings. The van der Waals surface area contributed by atoms with E-state index in [2.05, 4.69) is 5.32 Å². The lowest BCUT2D eigenvalue weighted by molar-refractivity contribution is -0.153. The van der Waals surface area contributed by atoms with Crippen LogP contribution in [0.5, 0.6) is 0 Å². The topological polar surface area (TPSA) is 99.2 Å². The highest BCUT2D eigenvalue weighted by Crippen LogP contribution is 2.40. The van der Waals surface area contributed by atoms with E-state index in [9.17, 15) is 4.79 Å². The molecule has 5 heteroatoms. The molecule has 0 radical (unpaired) electrons. The van der Waals surface area contributed by atoms with Crippen molar-refractivity contribution < 1.29 is 9.90 Å². The highest BCUT2D eigenvalue weighted by atomic mass is 16.4. The minimum atomic E-state index is -0.789. The molecule has 68 valence electrons. The van der Waals surface area contributed by atoms with Crippen LogP contribution in [0.15, 0.2) is 0 Å². The molecule has 12 heavy (non-hydrogen) atoms. The van der Waals surface area contributed by atoms with E-state index in [0.29, 0.717) is 12.8 Å². The van der Waals surface area contributed by atoms with Crippen LogP contribution in [0.3, 0.4) is 0 Å². The first kappa shape index (κ1) is 8.83. The van der Waals surface area contributed by atoms with Crippen molar-refractivity contribution in [2.75, 3.05) is 6.54 Å². The van der Waals surface area contributed by atoms with Gasteiger partial charge in [-0.2, -0.15) is 0 Å². The van der Waals surface area contributed by atoms with Crippen LogP contribution in [-0.2, 0) is 4.79 Å². The van der Waals surface area contributed by atoms with Gasteiger partial charge in [-0.15, -0.1) is 0 Å². The second-order valence-electron chi connectivity index (χ2n) is 3.21. The number of carbonyl (C=O) groups is 1. The van der Waals surface area contributed by atoms with Gasteiger partial charge < -0.3 is 16.2 Å². The van der Waals surface area contributed by atoms with Crippen LogP contribution in [-0.4, -0.2) is 23.6 Å². The number of rotatable bonds is 3. The molecule has 0 aromatic carbocycles. The molecular formula is C7H13N3O2. The standard InChI is InChI=1S/C7H13N3O2/c8-6(9)10-4-7(5(11)12)2-1-3-7/h1-4H2,(H,11,12)(H4,8,9,10). The number of nitrogens with one attached hydrogen (secondary N) is 2. The van der Waals surface area contributed by atoms with E-state index in [0.717, 1.165) is 6.42 Å². The summed E-state index contributed by atoms with van der Waals surface area (Å²) in [6.07, 6.45) is 2.32. The SMILES string of the molecule is N=C(N)NCC1(C(=O)O)CCC1. The van der Waals surface area contributed by atoms with E-state index in [1.807, 2.05) is 0 Å². The number of carboxylic acids is 1. The van der Waals surface area contributed by atoms with Gasteiger partial charge in [-0.3, -0.25) is 10.2 Å². The lowest BCUT2D eigenvalue weighted by Gasteiger charge is -2.37. The molecule has 1 fully saturated rings. The van der Waals surface area contributed by atoms with E-state index in [1.54, 1.807) is 0 Å². The van der Waals surface area contributed by atoms with E-state index < -0.39 is 11.4 Å². The van der Waals surface area contributed by atoms with Gasteiger partial charge in [0.05, 0.1) is 5.41 Å². The van der Waals surface area contributed by atoms with E-state index in [1.165, 1.54) is 0 Å². The van der Waals surface area contributed by atoms with Crippen molar-refractivity contribution in [2.24, 2.45) is 11.1 Å². The third-order valence-electron chi connectivity index (χ3n) is 2.38. The maximum Gasteiger partial charge on any atom is 0.311 e. The first-order chi connectivity index (χ1) is 5.57. The number of hydrogen-bond donors (Lipinski definition) is 4. The number of aliphatic carboxylic acids is 1. The zero-order valence-electron chi connectivity index (χ0n) is 6.76. The molecule has 1 saturated carbocycles. The number of guanidine groups is 1. The Morgan fingerprint density at radius 2 is 2.25 bits per heavy atom. The van der Waals surface area contributed by atoms with E-state index in [-0.39, 0.29) is 12.5 Å². The van der Waals surface area contributed by atoms with Gasteiger partial charge >= 0.3 is 5.97 Å². The van der Waals surface area contributed by atoms with Crippen LogP contribution in [0.4, 0.5) is 0 Å². The fourth-order valence-corrected chi connectivity index (χ4v) is 1.33. The Hall–Kier alpha value is -1.26. The first-order valence-electron chi connectivity index (χ1n) is 3.88. The molecule has 0 heterocycles. The molecule has 5 nitrogen and oxygen atoms in total. The third kappa shape index (κ3) is 1.49. The summed E-state index contributed by atoms with van der Waals surface area (Å²) in [7, 11) is 0. The summed E-state index contributed by atoms with van der Waals surface area (Å²) in [5, 5.41) is 18.3. The Bertz CT molecular complexity index is 211. The van der Waals surface area contributed by atoms with E-state index >= 15 is 0 Å². The molecule has 0 spiro atoms. The molecule has 0 aromatic rings. The van der Waals surface area contributed by atoms with Crippen molar-refractivity contribution in [3.05, 3.63) is 0 Å². The van der Waals surface area contributed by atoms with Crippen LogP contribution in [0.1, 0.15) is 19.3 Å². The van der Waals surface area contributed by atoms with E-state index in [4.69, 9.17) is 16.2 Å². The van der Waals surface area contributed by atoms with Gasteiger partial charge in [-0.25, -0.2) is 0 Å². The Kier molecular flexibility index (Phi) is 2.21. The molecule has 1 rings (SSSR count). The molecule has 5 N–H and O–H groups in total. The minimum Gasteiger partial charge on any atom is -0.481 e. The first-order valence-corrected chi connectivity index (χ1v) is 3.88. The van der Waals surface area contributed by atoms with Gasteiger partial charge in [-0.05, 0) is 12.8 Å². The van der Waals surface area contributed by atoms with Gasteiger partial charge in [0.1, 0.15) is 0 Å². The van der Waals surface area contributed by atoms with Crippen LogP contribution in [0, 0.1) is 10.8 Å². The Morgan fingerprint density at radius 3 is 2.50 bits per heavy atom. The predicted octanol–water partition coefficient (Wildman–Crippen LogP) is -0.276. The molecule has 1 aliphatic carbocycles. The highest BCUT2D eigenvalue weighted by Gasteiger charge is 2.44. The maximum atomic E-state index is 10.8. The van der Waals surface area contributed by atoms with Crippen molar-refractivity contribution in [1.29, 1.82) is 5.41 Å².